The van der Waals surface area contributed by atoms with E-state index in [4.69, 9.17) is 0 Å². The predicted octanol–water partition coefficient (Wildman–Crippen LogP) is 3.50. The van der Waals surface area contributed by atoms with E-state index in [1.54, 1.807) is 0 Å². The monoisotopic (exact) mass is 191 g/mol. The van der Waals surface area contributed by atoms with Crippen molar-refractivity contribution in [2.24, 2.45) is 15.4 Å². The zero-order valence-corrected chi connectivity index (χ0v) is 9.12. The van der Waals surface area contributed by atoms with E-state index in [0.29, 0.717) is 6.54 Å². The third kappa shape index (κ3) is 3.24. The summed E-state index contributed by atoms with van der Waals surface area (Å²) in [6.07, 6.45) is 6.47. The Morgan fingerprint density at radius 3 is 2.71 bits per heavy atom. The summed E-state index contributed by atoms with van der Waals surface area (Å²) in [5, 5.41) is 11.6. The fourth-order valence-electron chi connectivity index (χ4n) is 1.27. The molecular formula is C11H17N3. The highest BCUT2D eigenvalue weighted by Crippen LogP contribution is 2.18. The molecular weight excluding hydrogens is 174 g/mol. The van der Waals surface area contributed by atoms with Gasteiger partial charge in [-0.3, -0.25) is 0 Å². The normalized spacial score (nSPS) is 18.4. The third-order valence-corrected chi connectivity index (χ3v) is 2.22. The minimum atomic E-state index is 0.689. The molecule has 0 unspecified atom stereocenters. The van der Waals surface area contributed by atoms with Crippen molar-refractivity contribution >= 4 is 5.71 Å². The van der Waals surface area contributed by atoms with Gasteiger partial charge in [-0.05, 0) is 44.4 Å². The van der Waals surface area contributed by atoms with Crippen molar-refractivity contribution in [2.75, 3.05) is 6.54 Å². The number of rotatable bonds is 3. The van der Waals surface area contributed by atoms with Crippen molar-refractivity contribution < 1.29 is 0 Å². The Bertz CT molecular complexity index is 308. The summed E-state index contributed by atoms with van der Waals surface area (Å²) >= 11 is 0. The second kappa shape index (κ2) is 5.47. The van der Waals surface area contributed by atoms with Crippen LogP contribution in [0, 0.1) is 0 Å². The Morgan fingerprint density at radius 2 is 2.14 bits per heavy atom. The van der Waals surface area contributed by atoms with Crippen LogP contribution in [0.15, 0.2) is 38.7 Å². The number of hydrogen-bond acceptors (Lipinski definition) is 2. The summed E-state index contributed by atoms with van der Waals surface area (Å²) in [5.74, 6) is 0. The maximum atomic E-state index is 4.04. The van der Waals surface area contributed by atoms with E-state index in [0.717, 1.165) is 18.6 Å². The van der Waals surface area contributed by atoms with Gasteiger partial charge in [0.25, 0.3) is 0 Å². The van der Waals surface area contributed by atoms with Gasteiger partial charge >= 0.3 is 0 Å². The highest BCUT2D eigenvalue weighted by Gasteiger charge is 2.05. The molecule has 14 heavy (non-hydrogen) atoms. The maximum Gasteiger partial charge on any atom is 0.0649 e. The van der Waals surface area contributed by atoms with Crippen LogP contribution in [0.1, 0.15) is 33.6 Å². The molecule has 0 amide bonds. The molecule has 0 radical (unpaired) electrons. The number of hydrogen-bond donors (Lipinski definition) is 0. The molecule has 3 heteroatoms. The first-order chi connectivity index (χ1) is 6.74. The molecule has 1 aliphatic carbocycles. The average Bonchev–Trinajstić information content (AvgIpc) is 2.19. The lowest BCUT2D eigenvalue weighted by Crippen LogP contribution is -2.00. The lowest BCUT2D eigenvalue weighted by Gasteiger charge is -2.10. The number of nitrogens with zero attached hydrogens (tertiary/aromatic N) is 3. The van der Waals surface area contributed by atoms with Crippen molar-refractivity contribution in [3.8, 4) is 0 Å². The van der Waals surface area contributed by atoms with Crippen molar-refractivity contribution in [3.63, 3.8) is 0 Å². The van der Waals surface area contributed by atoms with Gasteiger partial charge in [0.05, 0.1) is 12.3 Å². The predicted molar refractivity (Wildman–Crippen MR) is 59.6 cm³/mol. The highest BCUT2D eigenvalue weighted by atomic mass is 15.4. The average molecular weight is 191 g/mol. The Kier molecular flexibility index (Phi) is 4.23. The molecule has 0 aliphatic heterocycles. The summed E-state index contributed by atoms with van der Waals surface area (Å²) in [5.41, 5.74) is 3.67. The fourth-order valence-corrected chi connectivity index (χ4v) is 1.27. The molecule has 1 rings (SSSR count). The Labute approximate surface area is 85.3 Å². The van der Waals surface area contributed by atoms with Gasteiger partial charge in [0, 0.05) is 0 Å². The van der Waals surface area contributed by atoms with E-state index in [2.05, 4.69) is 34.5 Å². The molecule has 0 spiro atoms. The lowest BCUT2D eigenvalue weighted by molar-refractivity contribution is 0.909. The first-order valence-corrected chi connectivity index (χ1v) is 5.01. The first kappa shape index (κ1) is 10.8. The summed E-state index contributed by atoms with van der Waals surface area (Å²) in [6, 6.07) is 0. The zero-order chi connectivity index (χ0) is 10.4. The summed E-state index contributed by atoms with van der Waals surface area (Å²) in [6.45, 7) is 6.76. The van der Waals surface area contributed by atoms with Crippen molar-refractivity contribution in [3.05, 3.63) is 23.3 Å². The van der Waals surface area contributed by atoms with Crippen LogP contribution in [0.25, 0.3) is 0 Å². The van der Waals surface area contributed by atoms with E-state index >= 15 is 0 Å². The maximum absolute atomic E-state index is 4.04. The molecule has 0 fully saturated rings. The van der Waals surface area contributed by atoms with E-state index in [1.807, 2.05) is 13.8 Å². The molecule has 0 bridgehead atoms. The van der Waals surface area contributed by atoms with Gasteiger partial charge < -0.3 is 0 Å². The van der Waals surface area contributed by atoms with Crippen LogP contribution in [-0.4, -0.2) is 12.3 Å². The highest BCUT2D eigenvalue weighted by molar-refractivity contribution is 5.98. The van der Waals surface area contributed by atoms with Crippen molar-refractivity contribution in [1.29, 1.82) is 0 Å². The van der Waals surface area contributed by atoms with Crippen molar-refractivity contribution in [2.45, 2.75) is 33.6 Å². The van der Waals surface area contributed by atoms with Gasteiger partial charge in [-0.15, -0.1) is 5.10 Å². The minimum absolute atomic E-state index is 0.689. The second-order valence-electron chi connectivity index (χ2n) is 3.44. The van der Waals surface area contributed by atoms with E-state index in [-0.39, 0.29) is 0 Å². The molecule has 0 heterocycles. The van der Waals surface area contributed by atoms with Gasteiger partial charge in [0.15, 0.2) is 0 Å². The summed E-state index contributed by atoms with van der Waals surface area (Å²) in [7, 11) is 0. The van der Waals surface area contributed by atoms with E-state index < -0.39 is 0 Å². The molecule has 0 aromatic carbocycles. The Hall–Kier alpha value is -1.25. The van der Waals surface area contributed by atoms with Gasteiger partial charge in [-0.2, -0.15) is 5.11 Å². The summed E-state index contributed by atoms with van der Waals surface area (Å²) in [4.78, 5) is 0. The number of allylic oxidation sites excluding steroid dienone is 4. The molecule has 76 valence electrons. The molecule has 0 atom stereocenters. The van der Waals surface area contributed by atoms with Gasteiger partial charge in [-0.1, -0.05) is 17.7 Å². The SMILES string of the molecule is CCN=N/N=C(\C)C1=CC=C(C)CC1. The molecule has 3 nitrogen and oxygen atoms in total. The largest absolute Gasteiger partial charge is 0.169 e. The van der Waals surface area contributed by atoms with E-state index in [9.17, 15) is 0 Å². The van der Waals surface area contributed by atoms with Crippen LogP contribution >= 0.6 is 0 Å². The zero-order valence-electron chi connectivity index (χ0n) is 9.12. The van der Waals surface area contributed by atoms with Crippen LogP contribution in [-0.2, 0) is 0 Å². The fraction of sp³-hybridized carbons (Fsp3) is 0.545. The molecule has 1 aliphatic rings. The van der Waals surface area contributed by atoms with Gasteiger partial charge in [0.1, 0.15) is 0 Å². The van der Waals surface area contributed by atoms with Crippen LogP contribution in [0.3, 0.4) is 0 Å². The molecule has 0 saturated heterocycles. The molecule has 0 N–H and O–H groups in total. The Balaban J connectivity index is 2.65. The smallest absolute Gasteiger partial charge is 0.0649 e. The van der Waals surface area contributed by atoms with Crippen LogP contribution < -0.4 is 0 Å². The van der Waals surface area contributed by atoms with Gasteiger partial charge in [0.2, 0.25) is 0 Å². The summed E-state index contributed by atoms with van der Waals surface area (Å²) < 4.78 is 0. The molecule has 0 aromatic rings. The molecule has 0 saturated carbocycles. The Morgan fingerprint density at radius 1 is 1.36 bits per heavy atom. The lowest BCUT2D eigenvalue weighted by atomic mass is 9.97. The van der Waals surface area contributed by atoms with Crippen molar-refractivity contribution in [1.82, 2.24) is 0 Å². The van der Waals surface area contributed by atoms with Crippen LogP contribution in [0.5, 0.6) is 0 Å². The standard InChI is InChI=1S/C11H17N3/c1-4-12-14-13-10(3)11-7-5-9(2)6-8-11/h5,7H,4,6,8H2,1-3H3/b13-10+,14-12?. The quantitative estimate of drug-likeness (QED) is 0.372. The third-order valence-electron chi connectivity index (χ3n) is 2.22. The van der Waals surface area contributed by atoms with Crippen LogP contribution in [0.2, 0.25) is 0 Å². The van der Waals surface area contributed by atoms with E-state index in [1.165, 1.54) is 11.1 Å². The topological polar surface area (TPSA) is 37.1 Å². The second-order valence-corrected chi connectivity index (χ2v) is 3.44. The first-order valence-electron chi connectivity index (χ1n) is 5.01. The minimum Gasteiger partial charge on any atom is -0.169 e. The van der Waals surface area contributed by atoms with Gasteiger partial charge in [-0.25, -0.2) is 0 Å². The molecule has 0 aromatic heterocycles. The van der Waals surface area contributed by atoms with Crippen LogP contribution in [0.4, 0.5) is 0 Å².